The summed E-state index contributed by atoms with van der Waals surface area (Å²) >= 11 is 5.63. The highest BCUT2D eigenvalue weighted by Crippen LogP contribution is 2.29. The molecule has 3 aromatic rings. The highest BCUT2D eigenvalue weighted by atomic mass is 35.5. The lowest BCUT2D eigenvalue weighted by Gasteiger charge is -2.09. The maximum absolute atomic E-state index is 14.5. The molecule has 0 aliphatic rings. The molecular formula is C21H16ClF2N3O4. The van der Waals surface area contributed by atoms with Crippen LogP contribution in [-0.4, -0.2) is 33.3 Å². The fraction of sp³-hybridized carbons (Fsp3) is 0.190. The van der Waals surface area contributed by atoms with E-state index in [0.29, 0.717) is 11.3 Å². The van der Waals surface area contributed by atoms with Crippen molar-refractivity contribution in [2.45, 2.75) is 19.8 Å². The van der Waals surface area contributed by atoms with Crippen molar-refractivity contribution in [3.63, 3.8) is 0 Å². The van der Waals surface area contributed by atoms with Crippen LogP contribution >= 0.6 is 11.6 Å². The minimum Gasteiger partial charge on any atom is -0.466 e. The van der Waals surface area contributed by atoms with Gasteiger partial charge in [0.25, 0.3) is 5.88 Å². The minimum absolute atomic E-state index is 0.0819. The molecule has 0 aliphatic carbocycles. The lowest BCUT2D eigenvalue weighted by molar-refractivity contribution is -0.145. The van der Waals surface area contributed by atoms with Crippen LogP contribution in [0.3, 0.4) is 0 Å². The predicted octanol–water partition coefficient (Wildman–Crippen LogP) is 4.33. The van der Waals surface area contributed by atoms with Crippen molar-refractivity contribution < 1.29 is 27.8 Å². The second kappa shape index (κ2) is 10.0. The molecule has 2 heterocycles. The number of aromatic nitrogens is 3. The third-order valence-electron chi connectivity index (χ3n) is 3.91. The Balaban J connectivity index is 1.74. The van der Waals surface area contributed by atoms with Crippen LogP contribution < -0.4 is 4.74 Å². The van der Waals surface area contributed by atoms with Crippen molar-refractivity contribution >= 4 is 23.4 Å². The Morgan fingerprint density at radius 3 is 2.61 bits per heavy atom. The summed E-state index contributed by atoms with van der Waals surface area (Å²) in [5, 5.41) is 0.0819. The van der Waals surface area contributed by atoms with Crippen molar-refractivity contribution in [3.05, 3.63) is 65.1 Å². The molecule has 1 aromatic carbocycles. The second-order valence-corrected chi connectivity index (χ2v) is 6.69. The molecule has 2 aromatic heterocycles. The van der Waals surface area contributed by atoms with Crippen LogP contribution in [-0.2, 0) is 20.7 Å². The lowest BCUT2D eigenvalue weighted by Crippen LogP contribution is -2.13. The molecular weight excluding hydrogens is 432 g/mol. The number of hydrogen-bond donors (Lipinski definition) is 0. The summed E-state index contributed by atoms with van der Waals surface area (Å²) in [5.41, 5.74) is 0.682. The van der Waals surface area contributed by atoms with Crippen LogP contribution in [0.4, 0.5) is 8.78 Å². The normalized spacial score (nSPS) is 10.6. The molecule has 0 saturated heterocycles. The average Bonchev–Trinajstić information content (AvgIpc) is 2.71. The zero-order valence-corrected chi connectivity index (χ0v) is 17.0. The van der Waals surface area contributed by atoms with E-state index in [0.717, 1.165) is 12.1 Å². The predicted molar refractivity (Wildman–Crippen MR) is 107 cm³/mol. The number of carbonyl (C=O) groups excluding carboxylic acids is 2. The fourth-order valence-electron chi connectivity index (χ4n) is 2.58. The van der Waals surface area contributed by atoms with Gasteiger partial charge in [0, 0.05) is 24.4 Å². The average molecular weight is 448 g/mol. The van der Waals surface area contributed by atoms with E-state index in [2.05, 4.69) is 15.0 Å². The first kappa shape index (κ1) is 22.2. The first-order valence-electron chi connectivity index (χ1n) is 9.13. The molecule has 160 valence electrons. The minimum atomic E-state index is -0.834. The number of ether oxygens (including phenoxy) is 2. The number of rotatable bonds is 8. The van der Waals surface area contributed by atoms with Gasteiger partial charge in [-0.2, -0.15) is 0 Å². The summed E-state index contributed by atoms with van der Waals surface area (Å²) < 4.78 is 38.2. The van der Waals surface area contributed by atoms with E-state index in [1.807, 2.05) is 0 Å². The molecule has 0 atom stereocenters. The summed E-state index contributed by atoms with van der Waals surface area (Å²) in [4.78, 5) is 35.4. The third-order valence-corrected chi connectivity index (χ3v) is 4.12. The number of halogens is 3. The SMILES string of the molecule is CCOC(=O)CC(=O)Cc1ccnc(-c2ccc(Oc3ncc(Cl)cc3F)c(F)c2)n1. The molecule has 0 N–H and O–H groups in total. The molecule has 10 heteroatoms. The summed E-state index contributed by atoms with van der Waals surface area (Å²) in [6.45, 7) is 1.84. The van der Waals surface area contributed by atoms with Gasteiger partial charge in [0.05, 0.1) is 17.3 Å². The Morgan fingerprint density at radius 2 is 1.90 bits per heavy atom. The molecule has 3 rings (SSSR count). The Hall–Kier alpha value is -3.46. The largest absolute Gasteiger partial charge is 0.466 e. The van der Waals surface area contributed by atoms with Crippen LogP contribution in [0.5, 0.6) is 11.6 Å². The number of Topliss-reactive ketones (excluding diaryl/α,β-unsaturated/α-hetero) is 1. The molecule has 0 bridgehead atoms. The zero-order chi connectivity index (χ0) is 22.4. The van der Waals surface area contributed by atoms with E-state index in [1.165, 1.54) is 30.6 Å². The van der Waals surface area contributed by atoms with Gasteiger partial charge < -0.3 is 9.47 Å². The molecule has 7 nitrogen and oxygen atoms in total. The second-order valence-electron chi connectivity index (χ2n) is 6.26. The van der Waals surface area contributed by atoms with E-state index >= 15 is 0 Å². The monoisotopic (exact) mass is 447 g/mol. The maximum atomic E-state index is 14.5. The number of benzene rings is 1. The number of carbonyl (C=O) groups is 2. The van der Waals surface area contributed by atoms with Crippen molar-refractivity contribution in [1.82, 2.24) is 15.0 Å². The highest BCUT2D eigenvalue weighted by molar-refractivity contribution is 6.30. The summed E-state index contributed by atoms with van der Waals surface area (Å²) in [6, 6.07) is 6.39. The van der Waals surface area contributed by atoms with Crippen molar-refractivity contribution in [2.24, 2.45) is 0 Å². The molecule has 0 fully saturated rings. The molecule has 0 spiro atoms. The standard InChI is InChI=1S/C21H16ClF2N3O4/c1-2-30-19(29)10-15(28)9-14-5-6-25-20(27-14)12-3-4-18(16(23)7-12)31-21-17(24)8-13(22)11-26-21/h3-8,11H,2,9-10H2,1H3. The number of esters is 1. The van der Waals surface area contributed by atoms with E-state index in [1.54, 1.807) is 6.92 Å². The summed E-state index contributed by atoms with van der Waals surface area (Å²) in [5.74, 6) is -3.10. The van der Waals surface area contributed by atoms with Crippen molar-refractivity contribution in [1.29, 1.82) is 0 Å². The quantitative estimate of drug-likeness (QED) is 0.375. The van der Waals surface area contributed by atoms with E-state index < -0.39 is 23.5 Å². The molecule has 0 radical (unpaired) electrons. The van der Waals surface area contributed by atoms with Crippen LogP contribution in [0.15, 0.2) is 42.7 Å². The zero-order valence-electron chi connectivity index (χ0n) is 16.3. The first-order chi connectivity index (χ1) is 14.9. The van der Waals surface area contributed by atoms with Crippen LogP contribution in [0, 0.1) is 11.6 Å². The van der Waals surface area contributed by atoms with E-state index in [9.17, 15) is 18.4 Å². The lowest BCUT2D eigenvalue weighted by atomic mass is 10.1. The number of nitrogens with zero attached hydrogens (tertiary/aromatic N) is 3. The summed E-state index contributed by atoms with van der Waals surface area (Å²) in [6.07, 6.45) is 2.14. The van der Waals surface area contributed by atoms with Gasteiger partial charge in [-0.05, 0) is 37.3 Å². The molecule has 0 aliphatic heterocycles. The number of ketones is 1. The molecule has 0 saturated carbocycles. The highest BCUT2D eigenvalue weighted by Gasteiger charge is 2.15. The van der Waals surface area contributed by atoms with Gasteiger partial charge in [-0.25, -0.2) is 23.7 Å². The fourth-order valence-corrected chi connectivity index (χ4v) is 2.72. The van der Waals surface area contributed by atoms with Crippen LogP contribution in [0.25, 0.3) is 11.4 Å². The van der Waals surface area contributed by atoms with Crippen molar-refractivity contribution in [3.8, 4) is 23.0 Å². The van der Waals surface area contributed by atoms with Gasteiger partial charge in [-0.15, -0.1) is 0 Å². The van der Waals surface area contributed by atoms with Gasteiger partial charge in [-0.1, -0.05) is 11.6 Å². The van der Waals surface area contributed by atoms with Gasteiger partial charge in [0.15, 0.2) is 23.2 Å². The van der Waals surface area contributed by atoms with E-state index in [4.69, 9.17) is 21.1 Å². The van der Waals surface area contributed by atoms with Crippen LogP contribution in [0.2, 0.25) is 5.02 Å². The Kier molecular flexibility index (Phi) is 7.19. The van der Waals surface area contributed by atoms with Gasteiger partial charge in [0.1, 0.15) is 12.2 Å². The smallest absolute Gasteiger partial charge is 0.313 e. The van der Waals surface area contributed by atoms with Gasteiger partial charge in [0.2, 0.25) is 0 Å². The Bertz CT molecular complexity index is 1130. The molecule has 0 unspecified atom stereocenters. The van der Waals surface area contributed by atoms with E-state index in [-0.39, 0.29) is 41.8 Å². The molecule has 31 heavy (non-hydrogen) atoms. The number of hydrogen-bond acceptors (Lipinski definition) is 7. The Labute approximate surface area is 181 Å². The van der Waals surface area contributed by atoms with Gasteiger partial charge in [-0.3, -0.25) is 9.59 Å². The maximum Gasteiger partial charge on any atom is 0.313 e. The Morgan fingerprint density at radius 1 is 1.10 bits per heavy atom. The number of pyridine rings is 1. The van der Waals surface area contributed by atoms with Crippen LogP contribution in [0.1, 0.15) is 19.0 Å². The molecule has 0 amide bonds. The topological polar surface area (TPSA) is 91.3 Å². The first-order valence-corrected chi connectivity index (χ1v) is 9.51. The van der Waals surface area contributed by atoms with Gasteiger partial charge >= 0.3 is 5.97 Å². The van der Waals surface area contributed by atoms with Crippen molar-refractivity contribution in [2.75, 3.05) is 6.61 Å². The summed E-state index contributed by atoms with van der Waals surface area (Å²) in [7, 11) is 0. The third kappa shape index (κ3) is 6.02.